The molecule has 0 N–H and O–H groups in total. The Bertz CT molecular complexity index is 441. The highest BCUT2D eigenvalue weighted by Gasteiger charge is 2.15. The molecule has 0 aliphatic rings. The minimum atomic E-state index is -0.227. The van der Waals surface area contributed by atoms with Gasteiger partial charge in [-0.15, -0.1) is 0 Å². The largest absolute Gasteiger partial charge is 0.493 e. The lowest BCUT2D eigenvalue weighted by Gasteiger charge is -2.16. The molecule has 0 amide bonds. The first kappa shape index (κ1) is 14.8. The molecule has 0 bridgehead atoms. The topological polar surface area (TPSA) is 35.5 Å². The van der Waals surface area contributed by atoms with E-state index in [1.807, 2.05) is 26.8 Å². The Labute approximate surface area is 113 Å². The molecule has 0 fully saturated rings. The SMILES string of the molecule is CCOc1c(C)cc(Cl)c(C)c1CCC(=O)OC. The first-order valence-corrected chi connectivity index (χ1v) is 6.37. The highest BCUT2D eigenvalue weighted by atomic mass is 35.5. The fourth-order valence-electron chi connectivity index (χ4n) is 1.89. The van der Waals surface area contributed by atoms with Gasteiger partial charge in [0.15, 0.2) is 0 Å². The molecule has 0 spiro atoms. The Balaban J connectivity index is 3.08. The van der Waals surface area contributed by atoms with Crippen molar-refractivity contribution in [1.82, 2.24) is 0 Å². The van der Waals surface area contributed by atoms with Gasteiger partial charge in [-0.05, 0) is 49.9 Å². The van der Waals surface area contributed by atoms with Crippen LogP contribution in [0.2, 0.25) is 5.02 Å². The number of methoxy groups -OCH3 is 1. The molecule has 0 heterocycles. The van der Waals surface area contributed by atoms with E-state index in [1.54, 1.807) is 0 Å². The molecule has 100 valence electrons. The summed E-state index contributed by atoms with van der Waals surface area (Å²) in [5, 5.41) is 0.704. The van der Waals surface area contributed by atoms with E-state index in [2.05, 4.69) is 4.74 Å². The molecule has 1 aromatic carbocycles. The molecule has 0 saturated carbocycles. The van der Waals surface area contributed by atoms with Crippen LogP contribution >= 0.6 is 11.6 Å². The molecular formula is C14H19ClO3. The molecule has 3 nitrogen and oxygen atoms in total. The van der Waals surface area contributed by atoms with E-state index >= 15 is 0 Å². The maximum atomic E-state index is 11.2. The van der Waals surface area contributed by atoms with Gasteiger partial charge in [-0.3, -0.25) is 4.79 Å². The van der Waals surface area contributed by atoms with Crippen molar-refractivity contribution in [3.8, 4) is 5.75 Å². The first-order valence-electron chi connectivity index (χ1n) is 5.99. The van der Waals surface area contributed by atoms with Crippen molar-refractivity contribution in [2.75, 3.05) is 13.7 Å². The summed E-state index contributed by atoms with van der Waals surface area (Å²) < 4.78 is 10.3. The minimum absolute atomic E-state index is 0.227. The van der Waals surface area contributed by atoms with Gasteiger partial charge in [0.2, 0.25) is 0 Å². The average molecular weight is 271 g/mol. The van der Waals surface area contributed by atoms with Gasteiger partial charge in [-0.2, -0.15) is 0 Å². The van der Waals surface area contributed by atoms with Crippen LogP contribution in [0.1, 0.15) is 30.0 Å². The lowest BCUT2D eigenvalue weighted by Crippen LogP contribution is -2.06. The lowest BCUT2D eigenvalue weighted by molar-refractivity contribution is -0.140. The second kappa shape index (κ2) is 6.64. The number of aryl methyl sites for hydroxylation is 1. The van der Waals surface area contributed by atoms with Crippen molar-refractivity contribution < 1.29 is 14.3 Å². The maximum Gasteiger partial charge on any atom is 0.305 e. The first-order chi connectivity index (χ1) is 8.51. The molecule has 0 aliphatic heterocycles. The van der Waals surface area contributed by atoms with Crippen LogP contribution in [0.4, 0.5) is 0 Å². The molecule has 0 aliphatic carbocycles. The predicted octanol–water partition coefficient (Wildman–Crippen LogP) is 3.46. The third-order valence-corrected chi connectivity index (χ3v) is 3.27. The van der Waals surface area contributed by atoms with Crippen LogP contribution in [-0.4, -0.2) is 19.7 Å². The Morgan fingerprint density at radius 3 is 2.61 bits per heavy atom. The van der Waals surface area contributed by atoms with Gasteiger partial charge in [0.1, 0.15) is 5.75 Å². The zero-order valence-electron chi connectivity index (χ0n) is 11.3. The smallest absolute Gasteiger partial charge is 0.305 e. The Morgan fingerprint density at radius 2 is 2.06 bits per heavy atom. The van der Waals surface area contributed by atoms with Crippen LogP contribution in [0, 0.1) is 13.8 Å². The summed E-state index contributed by atoms with van der Waals surface area (Å²) in [6, 6.07) is 1.89. The molecule has 0 atom stereocenters. The van der Waals surface area contributed by atoms with Gasteiger partial charge in [0.25, 0.3) is 0 Å². The number of halogens is 1. The third kappa shape index (κ3) is 3.39. The zero-order valence-corrected chi connectivity index (χ0v) is 12.1. The molecule has 0 aromatic heterocycles. The van der Waals surface area contributed by atoms with Gasteiger partial charge in [0, 0.05) is 11.4 Å². The number of rotatable bonds is 5. The lowest BCUT2D eigenvalue weighted by atomic mass is 9.99. The summed E-state index contributed by atoms with van der Waals surface area (Å²) in [7, 11) is 1.39. The van der Waals surface area contributed by atoms with Crippen LogP contribution < -0.4 is 4.74 Å². The van der Waals surface area contributed by atoms with E-state index in [9.17, 15) is 4.79 Å². The second-order valence-electron chi connectivity index (χ2n) is 4.12. The van der Waals surface area contributed by atoms with Crippen molar-refractivity contribution in [3.63, 3.8) is 0 Å². The van der Waals surface area contributed by atoms with Gasteiger partial charge < -0.3 is 9.47 Å². The van der Waals surface area contributed by atoms with E-state index in [0.717, 1.165) is 22.4 Å². The molecule has 0 saturated heterocycles. The summed E-state index contributed by atoms with van der Waals surface area (Å²) in [5.74, 6) is 0.609. The number of hydrogen-bond donors (Lipinski definition) is 0. The highest BCUT2D eigenvalue weighted by molar-refractivity contribution is 6.31. The summed E-state index contributed by atoms with van der Waals surface area (Å²) in [6.07, 6.45) is 0.909. The van der Waals surface area contributed by atoms with Crippen LogP contribution in [0.15, 0.2) is 6.07 Å². The third-order valence-electron chi connectivity index (χ3n) is 2.88. The van der Waals surface area contributed by atoms with Crippen molar-refractivity contribution >= 4 is 17.6 Å². The van der Waals surface area contributed by atoms with Crippen molar-refractivity contribution in [1.29, 1.82) is 0 Å². The summed E-state index contributed by atoms with van der Waals surface area (Å²) in [5.41, 5.74) is 2.95. The second-order valence-corrected chi connectivity index (χ2v) is 4.52. The Morgan fingerprint density at radius 1 is 1.39 bits per heavy atom. The molecule has 18 heavy (non-hydrogen) atoms. The normalized spacial score (nSPS) is 10.3. The number of esters is 1. The summed E-state index contributed by atoms with van der Waals surface area (Å²) in [4.78, 5) is 11.2. The van der Waals surface area contributed by atoms with E-state index < -0.39 is 0 Å². The van der Waals surface area contributed by atoms with Crippen LogP contribution in [0.5, 0.6) is 5.75 Å². The minimum Gasteiger partial charge on any atom is -0.493 e. The quantitative estimate of drug-likeness (QED) is 0.769. The number of ether oxygens (including phenoxy) is 2. The summed E-state index contributed by atoms with van der Waals surface area (Å²) >= 11 is 6.17. The van der Waals surface area contributed by atoms with Crippen molar-refractivity contribution in [2.45, 2.75) is 33.6 Å². The van der Waals surface area contributed by atoms with E-state index in [4.69, 9.17) is 16.3 Å². The molecule has 1 rings (SSSR count). The number of carbonyl (C=O) groups is 1. The monoisotopic (exact) mass is 270 g/mol. The van der Waals surface area contributed by atoms with Gasteiger partial charge in [-0.1, -0.05) is 11.6 Å². The standard InChI is InChI=1S/C14H19ClO3/c1-5-18-14-9(2)8-12(15)10(3)11(14)6-7-13(16)17-4/h8H,5-7H2,1-4H3. The van der Waals surface area contributed by atoms with Crippen molar-refractivity contribution in [3.05, 3.63) is 27.8 Å². The average Bonchev–Trinajstić information content (AvgIpc) is 2.35. The van der Waals surface area contributed by atoms with E-state index in [1.165, 1.54) is 7.11 Å². The highest BCUT2D eigenvalue weighted by Crippen LogP contribution is 2.33. The fourth-order valence-corrected chi connectivity index (χ4v) is 2.17. The molecule has 0 radical (unpaired) electrons. The molecular weight excluding hydrogens is 252 g/mol. The van der Waals surface area contributed by atoms with E-state index in [-0.39, 0.29) is 5.97 Å². The molecule has 1 aromatic rings. The Kier molecular flexibility index (Phi) is 5.48. The van der Waals surface area contributed by atoms with Crippen LogP contribution in [0.3, 0.4) is 0 Å². The zero-order chi connectivity index (χ0) is 13.7. The van der Waals surface area contributed by atoms with Gasteiger partial charge in [-0.25, -0.2) is 0 Å². The van der Waals surface area contributed by atoms with Crippen LogP contribution in [0.25, 0.3) is 0 Å². The number of benzene rings is 1. The maximum absolute atomic E-state index is 11.2. The van der Waals surface area contributed by atoms with E-state index in [0.29, 0.717) is 24.5 Å². The molecule has 4 heteroatoms. The van der Waals surface area contributed by atoms with Crippen molar-refractivity contribution in [2.24, 2.45) is 0 Å². The predicted molar refractivity (Wildman–Crippen MR) is 72.4 cm³/mol. The Hall–Kier alpha value is -1.22. The molecule has 0 unspecified atom stereocenters. The fraction of sp³-hybridized carbons (Fsp3) is 0.500. The number of hydrogen-bond acceptors (Lipinski definition) is 3. The van der Waals surface area contributed by atoms with Gasteiger partial charge in [0.05, 0.1) is 13.7 Å². The van der Waals surface area contributed by atoms with Crippen LogP contribution in [-0.2, 0) is 16.0 Å². The number of carbonyl (C=O) groups excluding carboxylic acids is 1. The summed E-state index contributed by atoms with van der Waals surface area (Å²) in [6.45, 7) is 6.43. The van der Waals surface area contributed by atoms with Gasteiger partial charge >= 0.3 is 5.97 Å².